The van der Waals surface area contributed by atoms with E-state index >= 15 is 0 Å². The molecule has 7 heteroatoms. The molecule has 2 rings (SSSR count). The fourth-order valence-electron chi connectivity index (χ4n) is 1.52. The fourth-order valence-corrected chi connectivity index (χ4v) is 2.33. The molecule has 2 aromatic rings. The Morgan fingerprint density at radius 1 is 1.55 bits per heavy atom. The number of aromatic nitrogens is 1. The standard InChI is InChI=1S/C13H14FN3O2S/c1-7(15)10-6-20-13(16-10)17-12(18)8-3-4-9(14)11(5-8)19-2/h3-7H,15H2,1-2H3,(H,16,17,18). The first-order chi connectivity index (χ1) is 9.51. The third kappa shape index (κ3) is 3.12. The highest BCUT2D eigenvalue weighted by Crippen LogP contribution is 2.22. The lowest BCUT2D eigenvalue weighted by Crippen LogP contribution is -2.12. The number of benzene rings is 1. The van der Waals surface area contributed by atoms with Crippen molar-refractivity contribution in [1.29, 1.82) is 0 Å². The quantitative estimate of drug-likeness (QED) is 0.908. The number of ether oxygens (including phenoxy) is 1. The van der Waals surface area contributed by atoms with Crippen LogP contribution in [0, 0.1) is 5.82 Å². The molecule has 1 aromatic carbocycles. The molecule has 0 radical (unpaired) electrons. The highest BCUT2D eigenvalue weighted by Gasteiger charge is 2.13. The molecule has 0 aliphatic rings. The van der Waals surface area contributed by atoms with Crippen LogP contribution < -0.4 is 15.8 Å². The summed E-state index contributed by atoms with van der Waals surface area (Å²) in [6.45, 7) is 1.81. The average Bonchev–Trinajstić information content (AvgIpc) is 2.88. The van der Waals surface area contributed by atoms with Crippen molar-refractivity contribution in [3.63, 3.8) is 0 Å². The van der Waals surface area contributed by atoms with Gasteiger partial charge >= 0.3 is 0 Å². The van der Waals surface area contributed by atoms with Crippen LogP contribution in [0.2, 0.25) is 0 Å². The molecular weight excluding hydrogens is 281 g/mol. The maximum atomic E-state index is 13.3. The van der Waals surface area contributed by atoms with Gasteiger partial charge in [-0.1, -0.05) is 0 Å². The largest absolute Gasteiger partial charge is 0.494 e. The Kier molecular flexibility index (Phi) is 4.31. The number of amides is 1. The molecule has 1 heterocycles. The zero-order valence-corrected chi connectivity index (χ0v) is 11.8. The Balaban J connectivity index is 2.15. The van der Waals surface area contributed by atoms with Crippen molar-refractivity contribution in [2.24, 2.45) is 5.73 Å². The number of nitrogens with two attached hydrogens (primary N) is 1. The molecule has 1 atom stereocenters. The number of carbonyl (C=O) groups is 1. The van der Waals surface area contributed by atoms with Crippen LogP contribution in [0.25, 0.3) is 0 Å². The van der Waals surface area contributed by atoms with E-state index in [9.17, 15) is 9.18 Å². The van der Waals surface area contributed by atoms with Crippen molar-refractivity contribution in [2.45, 2.75) is 13.0 Å². The van der Waals surface area contributed by atoms with Gasteiger partial charge in [0.05, 0.1) is 12.8 Å². The third-order valence-electron chi connectivity index (χ3n) is 2.62. The van der Waals surface area contributed by atoms with Gasteiger partial charge in [-0.15, -0.1) is 11.3 Å². The normalized spacial score (nSPS) is 12.0. The molecule has 1 amide bonds. The maximum absolute atomic E-state index is 13.3. The zero-order chi connectivity index (χ0) is 14.7. The third-order valence-corrected chi connectivity index (χ3v) is 3.40. The summed E-state index contributed by atoms with van der Waals surface area (Å²) in [5.74, 6) is -0.875. The van der Waals surface area contributed by atoms with E-state index in [0.29, 0.717) is 16.4 Å². The summed E-state index contributed by atoms with van der Waals surface area (Å²) in [4.78, 5) is 16.2. The number of nitrogens with zero attached hydrogens (tertiary/aromatic N) is 1. The summed E-state index contributed by atoms with van der Waals surface area (Å²) in [6, 6.07) is 3.71. The summed E-state index contributed by atoms with van der Waals surface area (Å²) >= 11 is 1.29. The van der Waals surface area contributed by atoms with Gasteiger partial charge in [-0.3, -0.25) is 10.1 Å². The number of rotatable bonds is 4. The van der Waals surface area contributed by atoms with Crippen LogP contribution >= 0.6 is 11.3 Å². The first kappa shape index (κ1) is 14.4. The van der Waals surface area contributed by atoms with E-state index in [-0.39, 0.29) is 17.7 Å². The summed E-state index contributed by atoms with van der Waals surface area (Å²) in [6.07, 6.45) is 0. The van der Waals surface area contributed by atoms with Crippen molar-refractivity contribution in [2.75, 3.05) is 12.4 Å². The molecule has 0 bridgehead atoms. The smallest absolute Gasteiger partial charge is 0.257 e. The Bertz CT molecular complexity index is 628. The second-order valence-electron chi connectivity index (χ2n) is 4.17. The van der Waals surface area contributed by atoms with Crippen LogP contribution in [0.3, 0.4) is 0 Å². The van der Waals surface area contributed by atoms with E-state index in [1.165, 1.54) is 36.6 Å². The van der Waals surface area contributed by atoms with E-state index in [2.05, 4.69) is 10.3 Å². The predicted molar refractivity (Wildman–Crippen MR) is 75.6 cm³/mol. The molecule has 0 aliphatic carbocycles. The molecule has 20 heavy (non-hydrogen) atoms. The minimum atomic E-state index is -0.516. The van der Waals surface area contributed by atoms with Gasteiger partial charge in [0.2, 0.25) is 0 Å². The van der Waals surface area contributed by atoms with Crippen molar-refractivity contribution in [1.82, 2.24) is 4.98 Å². The number of anilines is 1. The number of thiazole rings is 1. The lowest BCUT2D eigenvalue weighted by Gasteiger charge is -2.05. The van der Waals surface area contributed by atoms with Gasteiger partial charge in [0.1, 0.15) is 0 Å². The Labute approximate surface area is 119 Å². The summed E-state index contributed by atoms with van der Waals surface area (Å²) in [5, 5.41) is 4.87. The van der Waals surface area contributed by atoms with Crippen LogP contribution in [0.1, 0.15) is 29.0 Å². The lowest BCUT2D eigenvalue weighted by atomic mass is 10.2. The van der Waals surface area contributed by atoms with E-state index in [1.54, 1.807) is 5.38 Å². The van der Waals surface area contributed by atoms with E-state index in [0.717, 1.165) is 0 Å². The monoisotopic (exact) mass is 295 g/mol. The summed E-state index contributed by atoms with van der Waals surface area (Å²) < 4.78 is 18.1. The van der Waals surface area contributed by atoms with Gasteiger partial charge in [-0.25, -0.2) is 9.37 Å². The van der Waals surface area contributed by atoms with Gasteiger partial charge in [0, 0.05) is 17.0 Å². The van der Waals surface area contributed by atoms with Gasteiger partial charge < -0.3 is 10.5 Å². The number of hydrogen-bond acceptors (Lipinski definition) is 5. The molecule has 106 valence electrons. The van der Waals surface area contributed by atoms with E-state index in [4.69, 9.17) is 10.5 Å². The van der Waals surface area contributed by atoms with Gasteiger partial charge in [-0.2, -0.15) is 0 Å². The topological polar surface area (TPSA) is 77.2 Å². The summed E-state index contributed by atoms with van der Waals surface area (Å²) in [7, 11) is 1.34. The second kappa shape index (κ2) is 5.98. The molecule has 1 unspecified atom stereocenters. The lowest BCUT2D eigenvalue weighted by molar-refractivity contribution is 0.102. The van der Waals surface area contributed by atoms with E-state index in [1.807, 2.05) is 6.92 Å². The maximum Gasteiger partial charge on any atom is 0.257 e. The minimum absolute atomic E-state index is 0.0214. The number of methoxy groups -OCH3 is 1. The van der Waals surface area contributed by atoms with Crippen LogP contribution in [-0.2, 0) is 0 Å². The predicted octanol–water partition coefficient (Wildman–Crippen LogP) is 2.56. The number of halogens is 1. The molecule has 3 N–H and O–H groups in total. The summed E-state index contributed by atoms with van der Waals surface area (Å²) in [5.41, 5.74) is 6.70. The molecule has 0 spiro atoms. The van der Waals surface area contributed by atoms with Crippen LogP contribution in [-0.4, -0.2) is 18.0 Å². The highest BCUT2D eigenvalue weighted by molar-refractivity contribution is 7.14. The Hall–Kier alpha value is -1.99. The molecule has 5 nitrogen and oxygen atoms in total. The molecule has 0 saturated carbocycles. The van der Waals surface area contributed by atoms with Gasteiger partial charge in [-0.05, 0) is 25.1 Å². The first-order valence-electron chi connectivity index (χ1n) is 5.87. The second-order valence-corrected chi connectivity index (χ2v) is 5.03. The molecule has 1 aromatic heterocycles. The first-order valence-corrected chi connectivity index (χ1v) is 6.75. The highest BCUT2D eigenvalue weighted by atomic mass is 32.1. The Morgan fingerprint density at radius 3 is 2.90 bits per heavy atom. The van der Waals surface area contributed by atoms with Crippen molar-refractivity contribution >= 4 is 22.4 Å². The van der Waals surface area contributed by atoms with Crippen LogP contribution in [0.15, 0.2) is 23.6 Å². The van der Waals surface area contributed by atoms with Gasteiger partial charge in [0.15, 0.2) is 16.7 Å². The minimum Gasteiger partial charge on any atom is -0.494 e. The van der Waals surface area contributed by atoms with Crippen molar-refractivity contribution in [3.05, 3.63) is 40.7 Å². The molecular formula is C13H14FN3O2S. The van der Waals surface area contributed by atoms with Crippen LogP contribution in [0.5, 0.6) is 5.75 Å². The SMILES string of the molecule is COc1cc(C(=O)Nc2nc(C(C)N)cs2)ccc1F. The zero-order valence-electron chi connectivity index (χ0n) is 11.0. The number of nitrogens with one attached hydrogen (secondary N) is 1. The number of hydrogen-bond donors (Lipinski definition) is 2. The Morgan fingerprint density at radius 2 is 2.30 bits per heavy atom. The molecule has 0 fully saturated rings. The van der Waals surface area contributed by atoms with Crippen molar-refractivity contribution in [3.8, 4) is 5.75 Å². The van der Waals surface area contributed by atoms with Gasteiger partial charge in [0.25, 0.3) is 5.91 Å². The molecule has 0 aliphatic heterocycles. The van der Waals surface area contributed by atoms with Crippen LogP contribution in [0.4, 0.5) is 9.52 Å². The van der Waals surface area contributed by atoms with E-state index < -0.39 is 5.82 Å². The average molecular weight is 295 g/mol. The molecule has 0 saturated heterocycles. The fraction of sp³-hybridized carbons (Fsp3) is 0.231. The number of carbonyl (C=O) groups excluding carboxylic acids is 1. The van der Waals surface area contributed by atoms with Crippen molar-refractivity contribution < 1.29 is 13.9 Å².